The van der Waals surface area contributed by atoms with Crippen LogP contribution in [-0.4, -0.2) is 35.4 Å². The summed E-state index contributed by atoms with van der Waals surface area (Å²) in [6, 6.07) is 3.76. The summed E-state index contributed by atoms with van der Waals surface area (Å²) in [6.07, 6.45) is 1.69. The number of amides is 1. The number of pyridine rings is 1. The number of carbonyl (C=O) groups excluding carboxylic acids is 1. The lowest BCUT2D eigenvalue weighted by molar-refractivity contribution is -0.124. The number of anilines is 1. The summed E-state index contributed by atoms with van der Waals surface area (Å²) in [5.41, 5.74) is 6.68. The highest BCUT2D eigenvalue weighted by Crippen LogP contribution is 2.07. The molecular formula is C10H14N4O. The molecule has 1 aromatic heterocycles. The monoisotopic (exact) mass is 206 g/mol. The van der Waals surface area contributed by atoms with Crippen molar-refractivity contribution in [2.45, 2.75) is 6.54 Å². The number of hydrogen-bond donors (Lipinski definition) is 2. The van der Waals surface area contributed by atoms with E-state index in [1.54, 1.807) is 6.20 Å². The van der Waals surface area contributed by atoms with Crippen LogP contribution in [0.2, 0.25) is 0 Å². The molecule has 0 bridgehead atoms. The molecule has 3 N–H and O–H groups in total. The van der Waals surface area contributed by atoms with Crippen LogP contribution < -0.4 is 11.1 Å². The summed E-state index contributed by atoms with van der Waals surface area (Å²) >= 11 is 0. The first kappa shape index (κ1) is 9.92. The van der Waals surface area contributed by atoms with Gasteiger partial charge in [0.1, 0.15) is 5.82 Å². The zero-order chi connectivity index (χ0) is 10.7. The van der Waals surface area contributed by atoms with Gasteiger partial charge in [-0.25, -0.2) is 4.98 Å². The van der Waals surface area contributed by atoms with Crippen molar-refractivity contribution in [3.8, 4) is 0 Å². The Kier molecular flexibility index (Phi) is 2.82. The number of aromatic nitrogens is 1. The molecule has 1 aliphatic rings. The Bertz CT molecular complexity index is 366. The minimum absolute atomic E-state index is 0.0864. The molecule has 15 heavy (non-hydrogen) atoms. The highest BCUT2D eigenvalue weighted by molar-refractivity contribution is 5.78. The molecule has 2 rings (SSSR count). The van der Waals surface area contributed by atoms with Gasteiger partial charge in [-0.1, -0.05) is 0 Å². The van der Waals surface area contributed by atoms with Crippen LogP contribution in [0.15, 0.2) is 18.3 Å². The van der Waals surface area contributed by atoms with Gasteiger partial charge in [-0.15, -0.1) is 0 Å². The van der Waals surface area contributed by atoms with Gasteiger partial charge in [0.05, 0.1) is 6.54 Å². The Balaban J connectivity index is 1.99. The molecular weight excluding hydrogens is 192 g/mol. The number of piperazine rings is 1. The van der Waals surface area contributed by atoms with Crippen molar-refractivity contribution in [2.75, 3.05) is 25.4 Å². The van der Waals surface area contributed by atoms with E-state index in [1.807, 2.05) is 12.1 Å². The predicted molar refractivity (Wildman–Crippen MR) is 56.9 cm³/mol. The Hall–Kier alpha value is -1.62. The van der Waals surface area contributed by atoms with Gasteiger partial charge >= 0.3 is 0 Å². The zero-order valence-corrected chi connectivity index (χ0v) is 8.44. The first-order valence-electron chi connectivity index (χ1n) is 4.93. The van der Waals surface area contributed by atoms with E-state index in [1.165, 1.54) is 0 Å². The van der Waals surface area contributed by atoms with Gasteiger partial charge in [0.15, 0.2) is 0 Å². The summed E-state index contributed by atoms with van der Waals surface area (Å²) in [4.78, 5) is 17.2. The molecule has 1 amide bonds. The topological polar surface area (TPSA) is 71.2 Å². The Morgan fingerprint density at radius 2 is 2.47 bits per heavy atom. The number of rotatable bonds is 2. The molecule has 0 unspecified atom stereocenters. The van der Waals surface area contributed by atoms with Crippen LogP contribution in [0, 0.1) is 0 Å². The van der Waals surface area contributed by atoms with E-state index in [0.29, 0.717) is 12.4 Å². The van der Waals surface area contributed by atoms with Crippen molar-refractivity contribution < 1.29 is 4.79 Å². The van der Waals surface area contributed by atoms with Gasteiger partial charge in [0.25, 0.3) is 0 Å². The highest BCUT2D eigenvalue weighted by Gasteiger charge is 2.15. The normalized spacial score (nSPS) is 17.5. The molecule has 1 aromatic rings. The third kappa shape index (κ3) is 2.66. The number of nitrogens with two attached hydrogens (primary N) is 1. The van der Waals surface area contributed by atoms with E-state index >= 15 is 0 Å². The van der Waals surface area contributed by atoms with Crippen LogP contribution in [0.25, 0.3) is 0 Å². The highest BCUT2D eigenvalue weighted by atomic mass is 16.2. The minimum atomic E-state index is 0.0864. The van der Waals surface area contributed by atoms with E-state index in [2.05, 4.69) is 15.2 Å². The second-order valence-electron chi connectivity index (χ2n) is 3.65. The predicted octanol–water partition coefficient (Wildman–Crippen LogP) is -0.404. The second-order valence-corrected chi connectivity index (χ2v) is 3.65. The van der Waals surface area contributed by atoms with Gasteiger partial charge in [-0.3, -0.25) is 9.69 Å². The van der Waals surface area contributed by atoms with Crippen molar-refractivity contribution in [3.05, 3.63) is 23.9 Å². The number of nitrogen functional groups attached to an aromatic ring is 1. The molecule has 1 fully saturated rings. The minimum Gasteiger partial charge on any atom is -0.384 e. The molecule has 0 aliphatic carbocycles. The van der Waals surface area contributed by atoms with Gasteiger partial charge in [-0.05, 0) is 17.7 Å². The fourth-order valence-corrected chi connectivity index (χ4v) is 1.68. The lowest BCUT2D eigenvalue weighted by Crippen LogP contribution is -2.47. The summed E-state index contributed by atoms with van der Waals surface area (Å²) in [5, 5.41) is 2.79. The molecule has 0 atom stereocenters. The maximum atomic E-state index is 11.1. The average molecular weight is 206 g/mol. The molecule has 5 nitrogen and oxygen atoms in total. The molecule has 1 saturated heterocycles. The zero-order valence-electron chi connectivity index (χ0n) is 8.44. The molecule has 0 aromatic carbocycles. The lowest BCUT2D eigenvalue weighted by Gasteiger charge is -2.26. The van der Waals surface area contributed by atoms with Gasteiger partial charge in [0, 0.05) is 25.8 Å². The van der Waals surface area contributed by atoms with E-state index < -0.39 is 0 Å². The van der Waals surface area contributed by atoms with E-state index in [-0.39, 0.29) is 5.91 Å². The first-order valence-corrected chi connectivity index (χ1v) is 4.93. The van der Waals surface area contributed by atoms with Gasteiger partial charge in [-0.2, -0.15) is 0 Å². The van der Waals surface area contributed by atoms with Crippen molar-refractivity contribution >= 4 is 11.7 Å². The molecule has 80 valence electrons. The quantitative estimate of drug-likeness (QED) is 0.690. The van der Waals surface area contributed by atoms with E-state index in [9.17, 15) is 4.79 Å². The summed E-state index contributed by atoms with van der Waals surface area (Å²) in [5.74, 6) is 0.609. The van der Waals surface area contributed by atoms with Gasteiger partial charge in [0.2, 0.25) is 5.91 Å². The first-order chi connectivity index (χ1) is 7.24. The van der Waals surface area contributed by atoms with Crippen molar-refractivity contribution in [2.24, 2.45) is 0 Å². The van der Waals surface area contributed by atoms with E-state index in [4.69, 9.17) is 5.73 Å². The Morgan fingerprint density at radius 1 is 1.60 bits per heavy atom. The van der Waals surface area contributed by atoms with Crippen LogP contribution in [-0.2, 0) is 11.3 Å². The molecule has 0 saturated carbocycles. The smallest absolute Gasteiger partial charge is 0.234 e. The fraction of sp³-hybridized carbons (Fsp3) is 0.400. The largest absolute Gasteiger partial charge is 0.384 e. The summed E-state index contributed by atoms with van der Waals surface area (Å²) in [6.45, 7) is 2.82. The molecule has 2 heterocycles. The van der Waals surface area contributed by atoms with Crippen LogP contribution in [0.1, 0.15) is 5.56 Å². The Labute approximate surface area is 88.3 Å². The average Bonchev–Trinajstić information content (AvgIpc) is 2.17. The SMILES string of the molecule is Nc1cc(CN2CCNC(=O)C2)ccn1. The number of nitrogens with zero attached hydrogens (tertiary/aromatic N) is 2. The van der Waals surface area contributed by atoms with E-state index in [0.717, 1.165) is 25.2 Å². The number of hydrogen-bond acceptors (Lipinski definition) is 4. The number of carbonyl (C=O) groups is 1. The summed E-state index contributed by atoms with van der Waals surface area (Å²) < 4.78 is 0. The third-order valence-electron chi connectivity index (χ3n) is 2.37. The standard InChI is InChI=1S/C10H14N4O/c11-9-5-8(1-2-12-9)6-14-4-3-13-10(15)7-14/h1-2,5H,3-4,6-7H2,(H2,11,12)(H,13,15). The number of nitrogens with one attached hydrogen (secondary N) is 1. The van der Waals surface area contributed by atoms with Gasteiger partial charge < -0.3 is 11.1 Å². The van der Waals surface area contributed by atoms with Crippen LogP contribution in [0.5, 0.6) is 0 Å². The Morgan fingerprint density at radius 3 is 3.20 bits per heavy atom. The molecule has 5 heteroatoms. The fourth-order valence-electron chi connectivity index (χ4n) is 1.68. The van der Waals surface area contributed by atoms with Crippen molar-refractivity contribution in [3.63, 3.8) is 0 Å². The van der Waals surface area contributed by atoms with Crippen LogP contribution >= 0.6 is 0 Å². The third-order valence-corrected chi connectivity index (χ3v) is 2.37. The van der Waals surface area contributed by atoms with Crippen molar-refractivity contribution in [1.29, 1.82) is 0 Å². The lowest BCUT2D eigenvalue weighted by atomic mass is 10.2. The summed E-state index contributed by atoms with van der Waals surface area (Å²) in [7, 11) is 0. The van der Waals surface area contributed by atoms with Crippen LogP contribution in [0.4, 0.5) is 5.82 Å². The van der Waals surface area contributed by atoms with Crippen molar-refractivity contribution in [1.82, 2.24) is 15.2 Å². The second kappa shape index (κ2) is 4.27. The molecule has 0 spiro atoms. The molecule has 0 radical (unpaired) electrons. The maximum absolute atomic E-state index is 11.1. The molecule has 1 aliphatic heterocycles. The van der Waals surface area contributed by atoms with Crippen LogP contribution in [0.3, 0.4) is 0 Å². The maximum Gasteiger partial charge on any atom is 0.234 e.